The minimum atomic E-state index is -4.54. The first-order valence-electron chi connectivity index (χ1n) is 7.28. The number of amides is 1. The van der Waals surface area contributed by atoms with Crippen LogP contribution in [0.15, 0.2) is 39.9 Å². The number of carbonyl (C=O) groups is 1. The van der Waals surface area contributed by atoms with Crippen molar-refractivity contribution in [2.24, 2.45) is 0 Å². The first kappa shape index (κ1) is 17.4. The highest BCUT2D eigenvalue weighted by molar-refractivity contribution is 6.06. The van der Waals surface area contributed by atoms with Gasteiger partial charge in [0.05, 0.1) is 22.2 Å². The van der Waals surface area contributed by atoms with Gasteiger partial charge in [-0.15, -0.1) is 0 Å². The van der Waals surface area contributed by atoms with Crippen molar-refractivity contribution >= 4 is 22.6 Å². The molecule has 0 aliphatic carbocycles. The summed E-state index contributed by atoms with van der Waals surface area (Å²) in [4.78, 5) is 43.8. The van der Waals surface area contributed by atoms with Crippen molar-refractivity contribution in [3.8, 4) is 0 Å². The van der Waals surface area contributed by atoms with Gasteiger partial charge >= 0.3 is 11.9 Å². The summed E-state index contributed by atoms with van der Waals surface area (Å²) in [5, 5.41) is 2.32. The van der Waals surface area contributed by atoms with Crippen molar-refractivity contribution in [1.82, 2.24) is 15.0 Å². The molecule has 0 aliphatic heterocycles. The maximum Gasteiger partial charge on any atom is 0.416 e. The van der Waals surface area contributed by atoms with Crippen LogP contribution in [0.5, 0.6) is 0 Å². The number of anilines is 1. The zero-order valence-electron chi connectivity index (χ0n) is 13.2. The van der Waals surface area contributed by atoms with E-state index in [2.05, 4.69) is 15.3 Å². The van der Waals surface area contributed by atoms with Crippen LogP contribution in [0.2, 0.25) is 0 Å². The van der Waals surface area contributed by atoms with Gasteiger partial charge in [0.2, 0.25) is 0 Å². The molecule has 0 atom stereocenters. The molecule has 0 radical (unpaired) electrons. The third-order valence-electron chi connectivity index (χ3n) is 3.61. The van der Waals surface area contributed by atoms with Crippen LogP contribution in [0.3, 0.4) is 0 Å². The number of nitrogens with one attached hydrogen (secondary N) is 3. The summed E-state index contributed by atoms with van der Waals surface area (Å²) < 4.78 is 38.3. The Bertz CT molecular complexity index is 1130. The van der Waals surface area contributed by atoms with Gasteiger partial charge < -0.3 is 5.32 Å². The zero-order valence-corrected chi connectivity index (χ0v) is 13.2. The Kier molecular flexibility index (Phi) is 4.10. The lowest BCUT2D eigenvalue weighted by Crippen LogP contribution is -2.24. The number of benzene rings is 1. The van der Waals surface area contributed by atoms with E-state index >= 15 is 0 Å². The van der Waals surface area contributed by atoms with Gasteiger partial charge in [-0.05, 0) is 31.2 Å². The van der Waals surface area contributed by atoms with Crippen LogP contribution >= 0.6 is 0 Å². The van der Waals surface area contributed by atoms with Crippen LogP contribution in [-0.2, 0) is 6.18 Å². The molecule has 134 valence electrons. The second kappa shape index (κ2) is 6.14. The molecule has 3 aromatic rings. The molecule has 10 heteroatoms. The van der Waals surface area contributed by atoms with E-state index in [1.54, 1.807) is 0 Å². The van der Waals surface area contributed by atoms with Gasteiger partial charge in [-0.1, -0.05) is 6.07 Å². The summed E-state index contributed by atoms with van der Waals surface area (Å²) >= 11 is 0. The molecule has 0 spiro atoms. The SMILES string of the molecule is Cc1nc2[nH]c(=O)[nH]c(=O)c2cc1C(=O)Nc1cccc(C(F)(F)F)c1. The monoisotopic (exact) mass is 364 g/mol. The number of pyridine rings is 1. The van der Waals surface area contributed by atoms with Crippen molar-refractivity contribution in [3.05, 3.63) is 68.0 Å². The fourth-order valence-electron chi connectivity index (χ4n) is 2.38. The van der Waals surface area contributed by atoms with E-state index in [0.29, 0.717) is 0 Å². The molecule has 3 rings (SSSR count). The van der Waals surface area contributed by atoms with E-state index in [1.165, 1.54) is 25.1 Å². The standard InChI is InChI=1S/C16H11F3N4O3/c1-7-10(6-11-12(20-7)22-15(26)23-14(11)25)13(24)21-9-4-2-3-8(5-9)16(17,18)19/h2-6H,1H3,(H,21,24)(H2,20,22,23,25,26). The van der Waals surface area contributed by atoms with Crippen molar-refractivity contribution in [2.75, 3.05) is 5.32 Å². The second-order valence-electron chi connectivity index (χ2n) is 5.46. The average Bonchev–Trinajstić information content (AvgIpc) is 2.53. The van der Waals surface area contributed by atoms with Crippen LogP contribution in [0.1, 0.15) is 21.6 Å². The Balaban J connectivity index is 1.99. The molecule has 3 N–H and O–H groups in total. The van der Waals surface area contributed by atoms with E-state index in [4.69, 9.17) is 0 Å². The Morgan fingerprint density at radius 1 is 1.15 bits per heavy atom. The number of aromatic amines is 2. The molecule has 0 saturated carbocycles. The fourth-order valence-corrected chi connectivity index (χ4v) is 2.38. The number of H-pyrrole nitrogens is 2. The number of alkyl halides is 3. The minimum Gasteiger partial charge on any atom is -0.322 e. The first-order chi connectivity index (χ1) is 12.1. The zero-order chi connectivity index (χ0) is 19.1. The highest BCUT2D eigenvalue weighted by Crippen LogP contribution is 2.30. The molecular formula is C16H11F3N4O3. The Morgan fingerprint density at radius 2 is 1.88 bits per heavy atom. The highest BCUT2D eigenvalue weighted by atomic mass is 19.4. The van der Waals surface area contributed by atoms with E-state index in [0.717, 1.165) is 12.1 Å². The number of hydrogen-bond donors (Lipinski definition) is 3. The summed E-state index contributed by atoms with van der Waals surface area (Å²) in [5.41, 5.74) is -2.24. The van der Waals surface area contributed by atoms with E-state index in [-0.39, 0.29) is 28.0 Å². The number of fused-ring (bicyclic) bond motifs is 1. The van der Waals surface area contributed by atoms with E-state index < -0.39 is 28.9 Å². The molecule has 26 heavy (non-hydrogen) atoms. The smallest absolute Gasteiger partial charge is 0.322 e. The predicted octanol–water partition coefficient (Wildman–Crippen LogP) is 2.19. The summed E-state index contributed by atoms with van der Waals surface area (Å²) in [5.74, 6) is -0.734. The van der Waals surface area contributed by atoms with Gasteiger partial charge in [-0.3, -0.25) is 19.6 Å². The van der Waals surface area contributed by atoms with Gasteiger partial charge in [0.25, 0.3) is 11.5 Å². The van der Waals surface area contributed by atoms with Gasteiger partial charge in [0, 0.05) is 5.69 Å². The van der Waals surface area contributed by atoms with Crippen molar-refractivity contribution < 1.29 is 18.0 Å². The Morgan fingerprint density at radius 3 is 2.58 bits per heavy atom. The summed E-state index contributed by atoms with van der Waals surface area (Å²) in [6.45, 7) is 1.47. The molecule has 0 fully saturated rings. The topological polar surface area (TPSA) is 108 Å². The van der Waals surface area contributed by atoms with Crippen LogP contribution in [0.4, 0.5) is 18.9 Å². The molecule has 0 bridgehead atoms. The van der Waals surface area contributed by atoms with E-state index in [9.17, 15) is 27.6 Å². The third kappa shape index (κ3) is 3.34. The molecule has 2 aromatic heterocycles. The largest absolute Gasteiger partial charge is 0.416 e. The minimum absolute atomic E-state index is 0.00636. The molecule has 0 unspecified atom stereocenters. The van der Waals surface area contributed by atoms with Crippen LogP contribution in [0, 0.1) is 6.92 Å². The van der Waals surface area contributed by atoms with E-state index in [1.807, 2.05) is 4.98 Å². The molecule has 2 heterocycles. The van der Waals surface area contributed by atoms with Gasteiger partial charge in [-0.2, -0.15) is 13.2 Å². The number of hydrogen-bond acceptors (Lipinski definition) is 4. The first-order valence-corrected chi connectivity index (χ1v) is 7.28. The number of nitrogens with zero attached hydrogens (tertiary/aromatic N) is 1. The Hall–Kier alpha value is -3.43. The molecule has 0 aliphatic rings. The van der Waals surface area contributed by atoms with Crippen molar-refractivity contribution in [2.45, 2.75) is 13.1 Å². The number of aromatic nitrogens is 3. The highest BCUT2D eigenvalue weighted by Gasteiger charge is 2.30. The average molecular weight is 364 g/mol. The number of aryl methyl sites for hydroxylation is 1. The molecule has 7 nitrogen and oxygen atoms in total. The molecular weight excluding hydrogens is 353 g/mol. The lowest BCUT2D eigenvalue weighted by molar-refractivity contribution is -0.137. The number of halogens is 3. The molecule has 0 saturated heterocycles. The van der Waals surface area contributed by atoms with Crippen LogP contribution < -0.4 is 16.6 Å². The predicted molar refractivity (Wildman–Crippen MR) is 87.1 cm³/mol. The van der Waals surface area contributed by atoms with Gasteiger partial charge in [0.15, 0.2) is 0 Å². The third-order valence-corrected chi connectivity index (χ3v) is 3.61. The number of rotatable bonds is 2. The maximum atomic E-state index is 12.8. The quantitative estimate of drug-likeness (QED) is 0.648. The Labute approximate surface area is 142 Å². The fraction of sp³-hybridized carbons (Fsp3) is 0.125. The summed E-state index contributed by atoms with van der Waals surface area (Å²) in [7, 11) is 0. The lowest BCUT2D eigenvalue weighted by atomic mass is 10.1. The normalized spacial score (nSPS) is 11.5. The summed E-state index contributed by atoms with van der Waals surface area (Å²) in [6.07, 6.45) is -4.54. The molecule has 1 amide bonds. The summed E-state index contributed by atoms with van der Waals surface area (Å²) in [6, 6.07) is 5.37. The van der Waals surface area contributed by atoms with Crippen molar-refractivity contribution in [3.63, 3.8) is 0 Å². The van der Waals surface area contributed by atoms with Crippen molar-refractivity contribution in [1.29, 1.82) is 0 Å². The van der Waals surface area contributed by atoms with Crippen LogP contribution in [-0.4, -0.2) is 20.9 Å². The maximum absolute atomic E-state index is 12.8. The molecule has 1 aromatic carbocycles. The number of carbonyl (C=O) groups excluding carboxylic acids is 1. The second-order valence-corrected chi connectivity index (χ2v) is 5.46. The van der Waals surface area contributed by atoms with Gasteiger partial charge in [0.1, 0.15) is 5.65 Å². The van der Waals surface area contributed by atoms with Gasteiger partial charge in [-0.25, -0.2) is 9.78 Å². The lowest BCUT2D eigenvalue weighted by Gasteiger charge is -2.11. The van der Waals surface area contributed by atoms with Crippen LogP contribution in [0.25, 0.3) is 11.0 Å².